The zero-order valence-electron chi connectivity index (χ0n) is 14.2. The maximum absolute atomic E-state index is 12.1. The number of rotatable bonds is 6. The minimum absolute atomic E-state index is 0.203. The highest BCUT2D eigenvalue weighted by Crippen LogP contribution is 2.32. The number of hydrogen-bond donors (Lipinski definition) is 2. The topological polar surface area (TPSA) is 46.0 Å². The van der Waals surface area contributed by atoms with Gasteiger partial charge in [0, 0.05) is 17.8 Å². The van der Waals surface area contributed by atoms with Gasteiger partial charge in [-0.25, -0.2) is 0 Å². The van der Waals surface area contributed by atoms with Gasteiger partial charge in [-0.3, -0.25) is 4.79 Å². The summed E-state index contributed by atoms with van der Waals surface area (Å²) in [5.74, 6) is 1.82. The first-order chi connectivity index (χ1) is 11.2. The first-order valence-corrected chi connectivity index (χ1v) is 8.67. The van der Waals surface area contributed by atoms with Crippen molar-refractivity contribution >= 4 is 11.6 Å². The van der Waals surface area contributed by atoms with Crippen LogP contribution in [0, 0.1) is 5.92 Å². The van der Waals surface area contributed by atoms with Gasteiger partial charge < -0.3 is 19.9 Å². The van der Waals surface area contributed by atoms with E-state index in [4.69, 9.17) is 4.74 Å². The minimum atomic E-state index is 0.203. The van der Waals surface area contributed by atoms with Crippen LogP contribution in [0.2, 0.25) is 0 Å². The maximum atomic E-state index is 12.1. The second-order valence-electron chi connectivity index (χ2n) is 6.81. The summed E-state index contributed by atoms with van der Waals surface area (Å²) in [5.41, 5.74) is 1.20. The van der Waals surface area contributed by atoms with Crippen LogP contribution >= 0.6 is 0 Å². The van der Waals surface area contributed by atoms with Crippen LogP contribution in [0.15, 0.2) is 24.3 Å². The fourth-order valence-corrected chi connectivity index (χ4v) is 3.31. The predicted octanol–water partition coefficient (Wildman–Crippen LogP) is 0.315. The molecule has 1 saturated carbocycles. The molecule has 0 aromatic heterocycles. The lowest BCUT2D eigenvalue weighted by Crippen LogP contribution is -3.16. The van der Waals surface area contributed by atoms with E-state index in [0.717, 1.165) is 37.8 Å². The van der Waals surface area contributed by atoms with Crippen LogP contribution < -0.4 is 19.9 Å². The number of methoxy groups -OCH3 is 1. The van der Waals surface area contributed by atoms with Crippen molar-refractivity contribution in [2.45, 2.75) is 25.8 Å². The summed E-state index contributed by atoms with van der Waals surface area (Å²) in [6.07, 6.45) is 2.54. The van der Waals surface area contributed by atoms with Crippen LogP contribution in [0.5, 0.6) is 5.75 Å². The molecular weight excluding hydrogens is 290 g/mol. The van der Waals surface area contributed by atoms with E-state index >= 15 is 0 Å². The summed E-state index contributed by atoms with van der Waals surface area (Å²) in [4.78, 5) is 15.9. The molecule has 1 aliphatic heterocycles. The van der Waals surface area contributed by atoms with E-state index < -0.39 is 0 Å². The lowest BCUT2D eigenvalue weighted by molar-refractivity contribution is -0.892. The molecule has 1 aromatic rings. The first-order valence-electron chi connectivity index (χ1n) is 8.67. The van der Waals surface area contributed by atoms with E-state index in [0.29, 0.717) is 12.6 Å². The van der Waals surface area contributed by atoms with Crippen molar-refractivity contribution in [3.8, 4) is 5.75 Å². The van der Waals surface area contributed by atoms with Crippen LogP contribution in [0.4, 0.5) is 5.69 Å². The van der Waals surface area contributed by atoms with E-state index in [1.807, 2.05) is 12.1 Å². The zero-order chi connectivity index (χ0) is 16.2. The molecule has 0 spiro atoms. The molecule has 1 aromatic carbocycles. The lowest BCUT2D eigenvalue weighted by atomic mass is 10.2. The smallest absolute Gasteiger partial charge is 0.275 e. The Labute approximate surface area is 138 Å². The molecule has 0 bridgehead atoms. The van der Waals surface area contributed by atoms with Gasteiger partial charge in [-0.2, -0.15) is 0 Å². The second kappa shape index (κ2) is 7.21. The van der Waals surface area contributed by atoms with Crippen LogP contribution in [-0.2, 0) is 4.79 Å². The number of anilines is 1. The summed E-state index contributed by atoms with van der Waals surface area (Å²) < 4.78 is 5.30. The molecule has 2 N–H and O–H groups in total. The zero-order valence-corrected chi connectivity index (χ0v) is 14.2. The maximum Gasteiger partial charge on any atom is 0.275 e. The van der Waals surface area contributed by atoms with E-state index in [1.165, 1.54) is 23.4 Å². The average molecular weight is 318 g/mol. The van der Waals surface area contributed by atoms with E-state index in [1.54, 1.807) is 7.11 Å². The fourth-order valence-electron chi connectivity index (χ4n) is 3.31. The molecule has 2 aliphatic rings. The Morgan fingerprint density at radius 2 is 2.13 bits per heavy atom. The van der Waals surface area contributed by atoms with Gasteiger partial charge in [0.15, 0.2) is 6.54 Å². The number of quaternary nitrogens is 1. The molecule has 0 radical (unpaired) electrons. The summed E-state index contributed by atoms with van der Waals surface area (Å²) in [6.45, 7) is 6.70. The normalized spacial score (nSPS) is 20.2. The third-order valence-electron chi connectivity index (χ3n) is 5.02. The van der Waals surface area contributed by atoms with E-state index in [2.05, 4.69) is 29.3 Å². The molecule has 2 fully saturated rings. The molecule has 5 heteroatoms. The van der Waals surface area contributed by atoms with Crippen molar-refractivity contribution in [3.63, 3.8) is 0 Å². The summed E-state index contributed by atoms with van der Waals surface area (Å²) in [7, 11) is 1.70. The number of benzene rings is 1. The van der Waals surface area contributed by atoms with Gasteiger partial charge in [-0.1, -0.05) is 6.07 Å². The largest absolute Gasteiger partial charge is 0.497 e. The van der Waals surface area contributed by atoms with Gasteiger partial charge >= 0.3 is 0 Å². The molecule has 1 saturated heterocycles. The number of piperazine rings is 1. The molecule has 5 nitrogen and oxygen atoms in total. The Hall–Kier alpha value is -1.75. The molecule has 1 amide bonds. The quantitative estimate of drug-likeness (QED) is 0.794. The number of ether oxygens (including phenoxy) is 1. The van der Waals surface area contributed by atoms with Gasteiger partial charge in [0.1, 0.15) is 5.75 Å². The number of hydrogen-bond acceptors (Lipinski definition) is 3. The van der Waals surface area contributed by atoms with Gasteiger partial charge in [-0.05, 0) is 37.8 Å². The van der Waals surface area contributed by atoms with Crippen molar-refractivity contribution in [2.24, 2.45) is 5.92 Å². The van der Waals surface area contributed by atoms with Gasteiger partial charge in [0.2, 0.25) is 0 Å². The Morgan fingerprint density at radius 3 is 2.78 bits per heavy atom. The van der Waals surface area contributed by atoms with Gasteiger partial charge in [0.25, 0.3) is 5.91 Å². The second-order valence-corrected chi connectivity index (χ2v) is 6.81. The number of nitrogens with zero attached hydrogens (tertiary/aromatic N) is 1. The molecule has 126 valence electrons. The average Bonchev–Trinajstić information content (AvgIpc) is 3.40. The van der Waals surface area contributed by atoms with Crippen LogP contribution in [0.1, 0.15) is 19.8 Å². The molecular formula is C18H28N3O2+. The highest BCUT2D eigenvalue weighted by molar-refractivity contribution is 5.77. The standard InChI is InChI=1S/C18H27N3O2/c1-14(15-6-7-15)19-18(22)13-20-8-10-21(11-9-20)16-4-3-5-17(12-16)23-2/h3-5,12,14-15H,6-11,13H2,1-2H3,(H,19,22)/p+1/t14-/m0/s1. The summed E-state index contributed by atoms with van der Waals surface area (Å²) in [6, 6.07) is 8.54. The van der Waals surface area contributed by atoms with Crippen molar-refractivity contribution in [3.05, 3.63) is 24.3 Å². The number of carbonyl (C=O) groups excluding carboxylic acids is 1. The Kier molecular flexibility index (Phi) is 5.06. The SMILES string of the molecule is COc1cccc(N2CC[NH+](CC(=O)N[C@@H](C)C3CC3)CC2)c1. The van der Waals surface area contributed by atoms with Crippen molar-refractivity contribution in [2.75, 3.05) is 44.7 Å². The number of nitrogens with one attached hydrogen (secondary N) is 2. The Morgan fingerprint density at radius 1 is 1.39 bits per heavy atom. The number of carbonyl (C=O) groups is 1. The van der Waals surface area contributed by atoms with Crippen LogP contribution in [0.3, 0.4) is 0 Å². The highest BCUT2D eigenvalue weighted by atomic mass is 16.5. The molecule has 1 heterocycles. The third kappa shape index (κ3) is 4.38. The molecule has 1 atom stereocenters. The third-order valence-corrected chi connectivity index (χ3v) is 5.02. The Balaban J connectivity index is 1.45. The first kappa shape index (κ1) is 16.1. The molecule has 0 unspecified atom stereocenters. The van der Waals surface area contributed by atoms with E-state index in [9.17, 15) is 4.79 Å². The summed E-state index contributed by atoms with van der Waals surface area (Å²) >= 11 is 0. The molecule has 1 aliphatic carbocycles. The fraction of sp³-hybridized carbons (Fsp3) is 0.611. The minimum Gasteiger partial charge on any atom is -0.497 e. The van der Waals surface area contributed by atoms with Crippen LogP contribution in [-0.4, -0.2) is 51.8 Å². The number of amides is 1. The van der Waals surface area contributed by atoms with E-state index in [-0.39, 0.29) is 5.91 Å². The Bertz CT molecular complexity index is 537. The lowest BCUT2D eigenvalue weighted by Gasteiger charge is -2.33. The predicted molar refractivity (Wildman–Crippen MR) is 91.1 cm³/mol. The molecule has 3 rings (SSSR count). The van der Waals surface area contributed by atoms with Gasteiger partial charge in [0.05, 0.1) is 33.3 Å². The molecule has 23 heavy (non-hydrogen) atoms. The van der Waals surface area contributed by atoms with Crippen LogP contribution in [0.25, 0.3) is 0 Å². The highest BCUT2D eigenvalue weighted by Gasteiger charge is 2.30. The van der Waals surface area contributed by atoms with Crippen molar-refractivity contribution < 1.29 is 14.4 Å². The van der Waals surface area contributed by atoms with Crippen molar-refractivity contribution in [1.82, 2.24) is 5.32 Å². The monoisotopic (exact) mass is 318 g/mol. The van der Waals surface area contributed by atoms with Gasteiger partial charge in [-0.15, -0.1) is 0 Å². The summed E-state index contributed by atoms with van der Waals surface area (Å²) in [5, 5.41) is 3.16. The van der Waals surface area contributed by atoms with Crippen molar-refractivity contribution in [1.29, 1.82) is 0 Å².